The summed E-state index contributed by atoms with van der Waals surface area (Å²) in [5.74, 6) is 0.186. The third-order valence-electron chi connectivity index (χ3n) is 8.60. The van der Waals surface area contributed by atoms with Gasteiger partial charge in [-0.05, 0) is 95.8 Å². The molecule has 0 radical (unpaired) electrons. The molecule has 0 aliphatic carbocycles. The number of alkyl halides is 3. The Labute approximate surface area is 284 Å². The molecular weight excluding hydrogens is 623 g/mol. The average Bonchev–Trinajstić information content (AvgIpc) is 3.50. The minimum Gasteiger partial charge on any atom is -0.489 e. The number of rotatable bonds is 7. The Hall–Kier alpha value is -5.63. The molecule has 8 heteroatoms. The summed E-state index contributed by atoms with van der Waals surface area (Å²) in [6.45, 7) is 6.46. The lowest BCUT2D eigenvalue weighted by atomic mass is 9.97. The third kappa shape index (κ3) is 7.14. The van der Waals surface area contributed by atoms with Crippen molar-refractivity contribution in [3.63, 3.8) is 0 Å². The topological polar surface area (TPSA) is 45.7 Å². The van der Waals surface area contributed by atoms with Crippen LogP contribution >= 0.6 is 0 Å². The summed E-state index contributed by atoms with van der Waals surface area (Å²) in [6, 6.07) is 26.0. The molecule has 49 heavy (non-hydrogen) atoms. The van der Waals surface area contributed by atoms with Crippen molar-refractivity contribution < 1.29 is 22.7 Å². The molecule has 5 nitrogen and oxygen atoms in total. The smallest absolute Gasteiger partial charge is 0.416 e. The lowest BCUT2D eigenvalue weighted by Gasteiger charge is -2.32. The maximum Gasteiger partial charge on any atom is 0.416 e. The van der Waals surface area contributed by atoms with Crippen LogP contribution in [0.1, 0.15) is 35.6 Å². The molecular formula is C41H36F3N3O2. The van der Waals surface area contributed by atoms with E-state index in [-0.39, 0.29) is 12.4 Å². The number of carbonyl (C=O) groups is 1. The molecule has 7 rings (SSSR count). The number of hydrogen-bond donors (Lipinski definition) is 0. The molecule has 0 atom stereocenters. The Bertz CT molecular complexity index is 2060. The van der Waals surface area contributed by atoms with Crippen molar-refractivity contribution in [3.05, 3.63) is 144 Å². The number of benzene rings is 4. The summed E-state index contributed by atoms with van der Waals surface area (Å²) in [6.07, 6.45) is 7.91. The maximum atomic E-state index is 13.1. The highest BCUT2D eigenvalue weighted by Gasteiger charge is 2.30. The predicted octanol–water partition coefficient (Wildman–Crippen LogP) is 10.3. The summed E-state index contributed by atoms with van der Waals surface area (Å²) in [4.78, 5) is 18.5. The Balaban J connectivity index is 0.000000989. The van der Waals surface area contributed by atoms with Gasteiger partial charge in [0.2, 0.25) is 0 Å². The first kappa shape index (κ1) is 33.3. The normalized spacial score (nSPS) is 14.3. The van der Waals surface area contributed by atoms with E-state index in [2.05, 4.69) is 85.0 Å². The van der Waals surface area contributed by atoms with Crippen LogP contribution in [0, 0.1) is 0 Å². The summed E-state index contributed by atoms with van der Waals surface area (Å²) in [5.41, 5.74) is 10.2. The van der Waals surface area contributed by atoms with E-state index in [4.69, 9.17) is 14.5 Å². The number of aldehydes is 1. The second kappa shape index (κ2) is 14.2. The number of nitrogens with zero attached hydrogens (tertiary/aromatic N) is 3. The Kier molecular flexibility index (Phi) is 9.67. The van der Waals surface area contributed by atoms with Crippen LogP contribution in [0.25, 0.3) is 28.1 Å². The van der Waals surface area contributed by atoms with Gasteiger partial charge in [-0.2, -0.15) is 13.2 Å². The zero-order chi connectivity index (χ0) is 34.5. The lowest BCUT2D eigenvalue weighted by molar-refractivity contribution is -0.137. The number of allylic oxidation sites excluding steroid dienone is 3. The summed E-state index contributed by atoms with van der Waals surface area (Å²) >= 11 is 0. The van der Waals surface area contributed by atoms with Crippen LogP contribution < -0.4 is 14.5 Å². The second-order valence-corrected chi connectivity index (χ2v) is 11.9. The predicted molar refractivity (Wildman–Crippen MR) is 192 cm³/mol. The van der Waals surface area contributed by atoms with Gasteiger partial charge in [0.15, 0.2) is 0 Å². The molecule has 5 aromatic rings. The van der Waals surface area contributed by atoms with E-state index >= 15 is 0 Å². The summed E-state index contributed by atoms with van der Waals surface area (Å²) in [7, 11) is 2.15. The number of pyridine rings is 1. The minimum atomic E-state index is -4.41. The molecule has 0 N–H and O–H groups in total. The van der Waals surface area contributed by atoms with Crippen molar-refractivity contribution in [3.8, 4) is 16.9 Å². The van der Waals surface area contributed by atoms with Crippen molar-refractivity contribution in [1.82, 2.24) is 4.98 Å². The Morgan fingerprint density at radius 3 is 2.47 bits per heavy atom. The molecule has 2 aliphatic rings. The van der Waals surface area contributed by atoms with Crippen molar-refractivity contribution in [2.24, 2.45) is 0 Å². The standard InChI is InChI=1S/C38H32F3N3O.C3H4O/c1-3-5-31-15-13-29-23-42-35-17-14-28(20-34(35)37(29)44(31)32-16-12-27-18-19-43(2)36(27)22-32)26-10-8-25(9-11-26)24-45-33-7-4-6-30(21-33)38(39,40)41;1-2-3-4/h4-17,20-23H,3,18-19,24H2,1-2H3;2-3H,1H2/b31-5-;. The molecule has 3 heterocycles. The summed E-state index contributed by atoms with van der Waals surface area (Å²) < 4.78 is 44.9. The fourth-order valence-electron chi connectivity index (χ4n) is 6.16. The highest BCUT2D eigenvalue weighted by molar-refractivity contribution is 6.03. The number of hydrogen-bond acceptors (Lipinski definition) is 5. The monoisotopic (exact) mass is 659 g/mol. The first-order valence-electron chi connectivity index (χ1n) is 16.1. The number of ether oxygens (including phenoxy) is 1. The fraction of sp³-hybridized carbons (Fsp3) is 0.171. The van der Waals surface area contributed by atoms with Gasteiger partial charge in [-0.15, -0.1) is 0 Å². The molecule has 0 amide bonds. The first-order chi connectivity index (χ1) is 23.7. The van der Waals surface area contributed by atoms with Crippen LogP contribution in [0.2, 0.25) is 0 Å². The van der Waals surface area contributed by atoms with E-state index in [9.17, 15) is 13.2 Å². The fourth-order valence-corrected chi connectivity index (χ4v) is 6.16. The third-order valence-corrected chi connectivity index (χ3v) is 8.60. The van der Waals surface area contributed by atoms with Gasteiger partial charge in [0.25, 0.3) is 0 Å². The molecule has 0 saturated carbocycles. The van der Waals surface area contributed by atoms with Crippen LogP contribution in [-0.2, 0) is 24.0 Å². The van der Waals surface area contributed by atoms with E-state index in [1.54, 1.807) is 0 Å². The number of likely N-dealkylation sites (N-methyl/N-ethyl adjacent to an activating group) is 1. The molecule has 0 saturated heterocycles. The van der Waals surface area contributed by atoms with Crippen molar-refractivity contribution >= 4 is 40.3 Å². The van der Waals surface area contributed by atoms with Crippen LogP contribution in [0.3, 0.4) is 0 Å². The molecule has 4 aromatic carbocycles. The molecule has 0 unspecified atom stereocenters. The van der Waals surface area contributed by atoms with Gasteiger partial charge < -0.3 is 14.5 Å². The van der Waals surface area contributed by atoms with Crippen LogP contribution in [0.15, 0.2) is 122 Å². The molecule has 0 spiro atoms. The van der Waals surface area contributed by atoms with Gasteiger partial charge >= 0.3 is 6.18 Å². The number of fused-ring (bicyclic) bond motifs is 4. The Morgan fingerprint density at radius 1 is 0.959 bits per heavy atom. The van der Waals surface area contributed by atoms with Gasteiger partial charge in [0, 0.05) is 47.8 Å². The molecule has 2 aliphatic heterocycles. The number of aromatic nitrogens is 1. The maximum absolute atomic E-state index is 13.1. The minimum absolute atomic E-state index is 0.167. The molecule has 1 aromatic heterocycles. The van der Waals surface area contributed by atoms with Crippen molar-refractivity contribution in [2.75, 3.05) is 23.4 Å². The highest BCUT2D eigenvalue weighted by atomic mass is 19.4. The number of anilines is 3. The zero-order valence-electron chi connectivity index (χ0n) is 27.4. The first-order valence-corrected chi connectivity index (χ1v) is 16.1. The van der Waals surface area contributed by atoms with Crippen LogP contribution in [0.4, 0.5) is 30.2 Å². The number of halogens is 3. The van der Waals surface area contributed by atoms with E-state index in [1.807, 2.05) is 30.5 Å². The van der Waals surface area contributed by atoms with Crippen molar-refractivity contribution in [1.29, 1.82) is 0 Å². The van der Waals surface area contributed by atoms with Crippen LogP contribution in [-0.4, -0.2) is 24.9 Å². The van der Waals surface area contributed by atoms with E-state index in [0.29, 0.717) is 6.29 Å². The number of carbonyl (C=O) groups excluding carboxylic acids is 1. The molecule has 0 fully saturated rings. The Morgan fingerprint density at radius 2 is 1.73 bits per heavy atom. The SMILES string of the molecule is C=CC=O.CC/C=C1/C=Cc2cnc3ccc(-c4ccc(COc5cccc(C(F)(F)F)c5)cc4)cc3c2N1c1ccc2c(c1)N(C)CC2. The quantitative estimate of drug-likeness (QED) is 0.129. The highest BCUT2D eigenvalue weighted by Crippen LogP contribution is 2.44. The van der Waals surface area contributed by atoms with Crippen LogP contribution in [0.5, 0.6) is 5.75 Å². The van der Waals surface area contributed by atoms with E-state index < -0.39 is 11.7 Å². The summed E-state index contributed by atoms with van der Waals surface area (Å²) in [5, 5.41) is 1.06. The van der Waals surface area contributed by atoms with Gasteiger partial charge in [-0.3, -0.25) is 9.78 Å². The zero-order valence-corrected chi connectivity index (χ0v) is 27.4. The average molecular weight is 660 g/mol. The van der Waals surface area contributed by atoms with E-state index in [1.165, 1.54) is 29.5 Å². The second-order valence-electron chi connectivity index (χ2n) is 11.9. The van der Waals surface area contributed by atoms with E-state index in [0.717, 1.165) is 81.7 Å². The van der Waals surface area contributed by atoms with Crippen molar-refractivity contribution in [2.45, 2.75) is 32.5 Å². The largest absolute Gasteiger partial charge is 0.489 e. The van der Waals surface area contributed by atoms with Gasteiger partial charge in [0.05, 0.1) is 16.8 Å². The molecule has 0 bridgehead atoms. The lowest BCUT2D eigenvalue weighted by Crippen LogP contribution is -2.20. The molecule has 248 valence electrons. The van der Waals surface area contributed by atoms with Gasteiger partial charge in [-0.25, -0.2) is 0 Å². The van der Waals surface area contributed by atoms with Gasteiger partial charge in [-0.1, -0.05) is 62.0 Å². The van der Waals surface area contributed by atoms with Gasteiger partial charge in [0.1, 0.15) is 18.6 Å².